The van der Waals surface area contributed by atoms with E-state index in [1.165, 1.54) is 16.8 Å². The molecule has 4 aromatic heterocycles. The molecule has 0 unspecified atom stereocenters. The second-order valence-corrected chi connectivity index (χ2v) is 9.88. The van der Waals surface area contributed by atoms with Crippen molar-refractivity contribution in [3.05, 3.63) is 59.8 Å². The standard InChI is InChI=1S/C26H30F3N9O/c1-3-15(2)34-24(39)20-10-18(13-38-23(20)35-25(30)36-38)19-12-33-37(14-19)22(16-6-8-31-9-7-16)17-4-5-21(32-11-17)26(27,28)29/h4-5,10-16,22,31H,3,6-9H2,1-2H3,(H2,30,36)(H,34,39)/t15-,22-/m0/s1. The summed E-state index contributed by atoms with van der Waals surface area (Å²) in [6.45, 7) is 5.51. The Morgan fingerprint density at radius 2 is 1.97 bits per heavy atom. The van der Waals surface area contributed by atoms with Crippen molar-refractivity contribution in [2.24, 2.45) is 5.92 Å². The van der Waals surface area contributed by atoms with Gasteiger partial charge in [-0.15, -0.1) is 5.10 Å². The van der Waals surface area contributed by atoms with Gasteiger partial charge in [0.1, 0.15) is 5.69 Å². The van der Waals surface area contributed by atoms with E-state index in [4.69, 9.17) is 5.73 Å². The number of nitrogens with one attached hydrogen (secondary N) is 2. The average Bonchev–Trinajstić information content (AvgIpc) is 3.54. The van der Waals surface area contributed by atoms with E-state index in [0.29, 0.717) is 27.9 Å². The minimum atomic E-state index is -4.51. The van der Waals surface area contributed by atoms with Gasteiger partial charge in [-0.3, -0.25) is 14.5 Å². The Kier molecular flexibility index (Phi) is 7.25. The fourth-order valence-corrected chi connectivity index (χ4v) is 4.92. The van der Waals surface area contributed by atoms with Crippen LogP contribution in [0.4, 0.5) is 19.1 Å². The van der Waals surface area contributed by atoms with Gasteiger partial charge in [0, 0.05) is 35.8 Å². The maximum atomic E-state index is 13.1. The van der Waals surface area contributed by atoms with Crippen molar-refractivity contribution in [1.29, 1.82) is 0 Å². The lowest BCUT2D eigenvalue weighted by Crippen LogP contribution is -2.33. The van der Waals surface area contributed by atoms with Gasteiger partial charge in [-0.25, -0.2) is 4.52 Å². The number of carbonyl (C=O) groups is 1. The smallest absolute Gasteiger partial charge is 0.366 e. The summed E-state index contributed by atoms with van der Waals surface area (Å²) in [4.78, 5) is 21.0. The number of nitrogens with two attached hydrogens (primary N) is 1. The first-order valence-electron chi connectivity index (χ1n) is 12.9. The number of anilines is 1. The van der Waals surface area contributed by atoms with Gasteiger partial charge in [0.2, 0.25) is 5.95 Å². The van der Waals surface area contributed by atoms with Crippen LogP contribution in [0.5, 0.6) is 0 Å². The first kappa shape index (κ1) is 26.6. The normalized spacial score (nSPS) is 16.3. The maximum Gasteiger partial charge on any atom is 0.433 e. The Hall–Kier alpha value is -4.00. The van der Waals surface area contributed by atoms with Crippen LogP contribution in [0, 0.1) is 5.92 Å². The lowest BCUT2D eigenvalue weighted by atomic mass is 9.86. The summed E-state index contributed by atoms with van der Waals surface area (Å²) in [7, 11) is 0. The fraction of sp³-hybridized carbons (Fsp3) is 0.423. The van der Waals surface area contributed by atoms with Gasteiger partial charge in [-0.1, -0.05) is 13.0 Å². The molecule has 206 valence electrons. The Morgan fingerprint density at radius 1 is 1.21 bits per heavy atom. The van der Waals surface area contributed by atoms with Crippen LogP contribution in [0.2, 0.25) is 0 Å². The highest BCUT2D eigenvalue weighted by molar-refractivity contribution is 6.01. The lowest BCUT2D eigenvalue weighted by molar-refractivity contribution is -0.141. The number of aromatic nitrogens is 6. The average molecular weight is 542 g/mol. The molecule has 0 spiro atoms. The summed E-state index contributed by atoms with van der Waals surface area (Å²) in [6, 6.07) is 3.87. The number of amides is 1. The third kappa shape index (κ3) is 5.58. The largest absolute Gasteiger partial charge is 0.433 e. The zero-order chi connectivity index (χ0) is 27.7. The van der Waals surface area contributed by atoms with Crippen LogP contribution in [0.25, 0.3) is 16.8 Å². The lowest BCUT2D eigenvalue weighted by Gasteiger charge is -2.31. The van der Waals surface area contributed by atoms with E-state index in [1.54, 1.807) is 23.1 Å². The van der Waals surface area contributed by atoms with Gasteiger partial charge in [-0.05, 0) is 62.9 Å². The molecule has 1 saturated heterocycles. The molecule has 13 heteroatoms. The molecule has 39 heavy (non-hydrogen) atoms. The molecule has 1 aliphatic rings. The molecule has 5 rings (SSSR count). The molecule has 0 aliphatic carbocycles. The van der Waals surface area contributed by atoms with Gasteiger partial charge in [0.25, 0.3) is 5.91 Å². The SMILES string of the molecule is CC[C@H](C)NC(=O)c1cc(-c2cnn([C@H](c3ccc(C(F)(F)F)nc3)C3CCNCC3)c2)cn2nc(N)nc12. The molecule has 0 saturated carbocycles. The van der Waals surface area contributed by atoms with Gasteiger partial charge < -0.3 is 16.4 Å². The minimum Gasteiger partial charge on any atom is -0.366 e. The minimum absolute atomic E-state index is 0.0349. The Balaban J connectivity index is 1.53. The van der Waals surface area contributed by atoms with E-state index in [2.05, 4.69) is 30.8 Å². The van der Waals surface area contributed by atoms with Crippen LogP contribution in [-0.4, -0.2) is 54.4 Å². The molecule has 2 atom stereocenters. The number of rotatable bonds is 7. The van der Waals surface area contributed by atoms with Gasteiger partial charge >= 0.3 is 6.18 Å². The highest BCUT2D eigenvalue weighted by Crippen LogP contribution is 2.35. The van der Waals surface area contributed by atoms with Crippen molar-refractivity contribution in [2.75, 3.05) is 18.8 Å². The third-order valence-corrected chi connectivity index (χ3v) is 7.15. The molecule has 0 aromatic carbocycles. The molecule has 1 fully saturated rings. The van der Waals surface area contributed by atoms with Crippen molar-refractivity contribution in [3.63, 3.8) is 0 Å². The quantitative estimate of drug-likeness (QED) is 0.325. The van der Waals surface area contributed by atoms with E-state index in [-0.39, 0.29) is 29.9 Å². The number of hydrogen-bond donors (Lipinski definition) is 3. The molecular weight excluding hydrogens is 511 g/mol. The predicted octanol–water partition coefficient (Wildman–Crippen LogP) is 3.71. The van der Waals surface area contributed by atoms with E-state index in [9.17, 15) is 18.0 Å². The number of fused-ring (bicyclic) bond motifs is 1. The van der Waals surface area contributed by atoms with E-state index in [1.807, 2.05) is 20.0 Å². The number of nitrogens with zero attached hydrogens (tertiary/aromatic N) is 6. The summed E-state index contributed by atoms with van der Waals surface area (Å²) in [5.74, 6) is -0.104. The van der Waals surface area contributed by atoms with Crippen LogP contribution in [0.15, 0.2) is 43.0 Å². The predicted molar refractivity (Wildman–Crippen MR) is 139 cm³/mol. The molecule has 4 N–H and O–H groups in total. The van der Waals surface area contributed by atoms with Crippen LogP contribution in [0.1, 0.15) is 60.8 Å². The number of hydrogen-bond acceptors (Lipinski definition) is 7. The summed E-state index contributed by atoms with van der Waals surface area (Å²) in [6.07, 6.45) is 4.45. The van der Waals surface area contributed by atoms with Gasteiger partial charge in [-0.2, -0.15) is 23.3 Å². The Morgan fingerprint density at radius 3 is 2.64 bits per heavy atom. The zero-order valence-corrected chi connectivity index (χ0v) is 21.6. The highest BCUT2D eigenvalue weighted by Gasteiger charge is 2.33. The van der Waals surface area contributed by atoms with Crippen LogP contribution in [-0.2, 0) is 6.18 Å². The summed E-state index contributed by atoms with van der Waals surface area (Å²) < 4.78 is 42.7. The second-order valence-electron chi connectivity index (χ2n) is 9.88. The van der Waals surface area contributed by atoms with Crippen LogP contribution >= 0.6 is 0 Å². The molecule has 1 amide bonds. The number of halogens is 3. The number of nitrogen functional groups attached to an aromatic ring is 1. The number of pyridine rings is 2. The maximum absolute atomic E-state index is 13.1. The molecule has 1 aliphatic heterocycles. The number of alkyl halides is 3. The van der Waals surface area contributed by atoms with E-state index < -0.39 is 11.9 Å². The topological polar surface area (TPSA) is 128 Å². The Bertz CT molecular complexity index is 1460. The molecule has 4 aromatic rings. The molecule has 0 bridgehead atoms. The fourth-order valence-electron chi connectivity index (χ4n) is 4.92. The molecule has 10 nitrogen and oxygen atoms in total. The second kappa shape index (κ2) is 10.6. The third-order valence-electron chi connectivity index (χ3n) is 7.15. The van der Waals surface area contributed by atoms with Crippen molar-refractivity contribution in [1.82, 2.24) is 40.0 Å². The molecular formula is C26H30F3N9O. The van der Waals surface area contributed by atoms with Gasteiger partial charge in [0.15, 0.2) is 5.65 Å². The van der Waals surface area contributed by atoms with E-state index in [0.717, 1.165) is 38.4 Å². The Labute approximate surface area is 222 Å². The van der Waals surface area contributed by atoms with Crippen LogP contribution < -0.4 is 16.4 Å². The molecule has 5 heterocycles. The van der Waals surface area contributed by atoms with Gasteiger partial charge in [0.05, 0.1) is 17.8 Å². The monoisotopic (exact) mass is 541 g/mol. The molecule has 0 radical (unpaired) electrons. The van der Waals surface area contributed by atoms with Crippen molar-refractivity contribution in [3.8, 4) is 11.1 Å². The zero-order valence-electron chi connectivity index (χ0n) is 21.6. The highest BCUT2D eigenvalue weighted by atomic mass is 19.4. The summed E-state index contributed by atoms with van der Waals surface area (Å²) in [5.41, 5.74) is 7.60. The van der Waals surface area contributed by atoms with E-state index >= 15 is 0 Å². The first-order valence-corrected chi connectivity index (χ1v) is 12.9. The van der Waals surface area contributed by atoms with Crippen molar-refractivity contribution >= 4 is 17.5 Å². The van der Waals surface area contributed by atoms with Crippen molar-refractivity contribution in [2.45, 2.75) is 51.4 Å². The summed E-state index contributed by atoms with van der Waals surface area (Å²) >= 11 is 0. The number of carbonyl (C=O) groups excluding carboxylic acids is 1. The van der Waals surface area contributed by atoms with Crippen molar-refractivity contribution < 1.29 is 18.0 Å². The summed E-state index contributed by atoms with van der Waals surface area (Å²) in [5, 5.41) is 15.1. The van der Waals surface area contributed by atoms with Crippen LogP contribution in [0.3, 0.4) is 0 Å². The number of piperidine rings is 1. The first-order chi connectivity index (χ1) is 18.6.